The Labute approximate surface area is 182 Å². The maximum Gasteiger partial charge on any atom is 0.416 e. The molecule has 4 rings (SSSR count). The first kappa shape index (κ1) is 20.7. The Morgan fingerprint density at radius 2 is 2.00 bits per heavy atom. The SMILES string of the molecule is Cc1nc(N2CCC(C)c3nc(Cl)ccc32)ccc1NC(=O)O/C=C/C1CCCC1. The van der Waals surface area contributed by atoms with Crippen LogP contribution in [0, 0.1) is 12.8 Å². The van der Waals surface area contributed by atoms with Crippen LogP contribution < -0.4 is 10.2 Å². The molecule has 1 unspecified atom stereocenters. The molecule has 0 spiro atoms. The van der Waals surface area contributed by atoms with E-state index in [0.717, 1.165) is 35.9 Å². The zero-order chi connectivity index (χ0) is 21.1. The zero-order valence-electron chi connectivity index (χ0n) is 17.4. The average Bonchev–Trinajstić information content (AvgIpc) is 3.24. The van der Waals surface area contributed by atoms with E-state index in [9.17, 15) is 4.79 Å². The molecule has 7 heteroatoms. The summed E-state index contributed by atoms with van der Waals surface area (Å²) < 4.78 is 5.19. The second-order valence-electron chi connectivity index (χ2n) is 8.09. The van der Waals surface area contributed by atoms with Gasteiger partial charge in [-0.25, -0.2) is 14.8 Å². The Balaban J connectivity index is 1.45. The number of anilines is 3. The lowest BCUT2D eigenvalue weighted by molar-refractivity contribution is 0.200. The molecular weight excluding hydrogens is 400 g/mol. The van der Waals surface area contributed by atoms with E-state index in [1.54, 1.807) is 0 Å². The van der Waals surface area contributed by atoms with Gasteiger partial charge in [-0.15, -0.1) is 0 Å². The van der Waals surface area contributed by atoms with Crippen molar-refractivity contribution in [2.75, 3.05) is 16.8 Å². The van der Waals surface area contributed by atoms with Crippen molar-refractivity contribution >= 4 is 34.9 Å². The molecule has 2 aromatic rings. The minimum absolute atomic E-state index is 0.351. The fraction of sp³-hybridized carbons (Fsp3) is 0.435. The summed E-state index contributed by atoms with van der Waals surface area (Å²) in [6.45, 7) is 4.89. The standard InChI is InChI=1S/C23H27ClN4O2/c1-15-11-13-28(19-8-9-20(24)27-22(15)19)21-10-7-18(16(2)25-21)26-23(29)30-14-12-17-5-3-4-6-17/h7-10,12,14-15,17H,3-6,11,13H2,1-2H3,(H,26,29)/b14-12+. The molecule has 3 heterocycles. The van der Waals surface area contributed by atoms with Gasteiger partial charge in [0.25, 0.3) is 0 Å². The summed E-state index contributed by atoms with van der Waals surface area (Å²) >= 11 is 6.10. The van der Waals surface area contributed by atoms with E-state index in [2.05, 4.69) is 22.1 Å². The zero-order valence-corrected chi connectivity index (χ0v) is 18.2. The number of carbonyl (C=O) groups excluding carboxylic acids is 1. The summed E-state index contributed by atoms with van der Waals surface area (Å²) in [7, 11) is 0. The van der Waals surface area contributed by atoms with Crippen molar-refractivity contribution in [2.24, 2.45) is 5.92 Å². The normalized spacial score (nSPS) is 19.2. The van der Waals surface area contributed by atoms with Crippen molar-refractivity contribution < 1.29 is 9.53 Å². The number of hydrogen-bond donors (Lipinski definition) is 1. The van der Waals surface area contributed by atoms with E-state index in [1.807, 2.05) is 37.3 Å². The number of carbonyl (C=O) groups is 1. The molecule has 1 N–H and O–H groups in total. The number of rotatable bonds is 4. The van der Waals surface area contributed by atoms with E-state index >= 15 is 0 Å². The molecule has 1 fully saturated rings. The topological polar surface area (TPSA) is 67.4 Å². The molecule has 0 aromatic carbocycles. The number of amides is 1. The van der Waals surface area contributed by atoms with Gasteiger partial charge in [-0.1, -0.05) is 31.4 Å². The molecule has 30 heavy (non-hydrogen) atoms. The van der Waals surface area contributed by atoms with Crippen molar-refractivity contribution in [3.8, 4) is 0 Å². The average molecular weight is 427 g/mol. The molecule has 6 nitrogen and oxygen atoms in total. The highest BCUT2D eigenvalue weighted by atomic mass is 35.5. The fourth-order valence-electron chi connectivity index (χ4n) is 4.18. The predicted octanol–water partition coefficient (Wildman–Crippen LogP) is 6.34. The molecule has 0 bridgehead atoms. The van der Waals surface area contributed by atoms with Crippen LogP contribution in [0.5, 0.6) is 0 Å². The number of nitrogens with one attached hydrogen (secondary N) is 1. The molecule has 2 aliphatic rings. The van der Waals surface area contributed by atoms with Crippen LogP contribution in [0.1, 0.15) is 56.3 Å². The van der Waals surface area contributed by atoms with Crippen molar-refractivity contribution in [1.82, 2.24) is 9.97 Å². The number of allylic oxidation sites excluding steroid dienone is 1. The minimum Gasteiger partial charge on any atom is -0.418 e. The molecule has 158 valence electrons. The number of aromatic nitrogens is 2. The molecule has 2 aromatic heterocycles. The van der Waals surface area contributed by atoms with E-state index < -0.39 is 6.09 Å². The van der Waals surface area contributed by atoms with Gasteiger partial charge in [-0.2, -0.15) is 0 Å². The number of hydrogen-bond acceptors (Lipinski definition) is 5. The summed E-state index contributed by atoms with van der Waals surface area (Å²) in [5.74, 6) is 1.70. The smallest absolute Gasteiger partial charge is 0.416 e. The first-order valence-corrected chi connectivity index (χ1v) is 10.9. The van der Waals surface area contributed by atoms with Gasteiger partial charge in [0.1, 0.15) is 11.0 Å². The number of fused-ring (bicyclic) bond motifs is 1. The quantitative estimate of drug-likeness (QED) is 0.456. The first-order chi connectivity index (χ1) is 14.5. The lowest BCUT2D eigenvalue weighted by Crippen LogP contribution is -2.28. The van der Waals surface area contributed by atoms with Crippen molar-refractivity contribution in [3.05, 3.63) is 53.1 Å². The van der Waals surface area contributed by atoms with Gasteiger partial charge < -0.3 is 9.64 Å². The summed E-state index contributed by atoms with van der Waals surface area (Å²) in [5.41, 5.74) is 3.39. The largest absolute Gasteiger partial charge is 0.418 e. The van der Waals surface area contributed by atoms with E-state index in [0.29, 0.717) is 22.7 Å². The van der Waals surface area contributed by atoms with Crippen LogP contribution in [0.4, 0.5) is 22.0 Å². The Kier molecular flexibility index (Phi) is 6.23. The van der Waals surface area contributed by atoms with E-state index in [-0.39, 0.29) is 0 Å². The Morgan fingerprint density at radius 3 is 2.77 bits per heavy atom. The van der Waals surface area contributed by atoms with Gasteiger partial charge in [0.15, 0.2) is 0 Å². The van der Waals surface area contributed by atoms with Crippen LogP contribution in [0.15, 0.2) is 36.6 Å². The minimum atomic E-state index is -0.502. The van der Waals surface area contributed by atoms with Crippen LogP contribution >= 0.6 is 11.6 Å². The van der Waals surface area contributed by atoms with Crippen LogP contribution in [-0.2, 0) is 4.74 Å². The summed E-state index contributed by atoms with van der Waals surface area (Å²) in [4.78, 5) is 23.5. The summed E-state index contributed by atoms with van der Waals surface area (Å²) in [6.07, 6.45) is 8.81. The second kappa shape index (κ2) is 9.04. The number of pyridine rings is 2. The summed E-state index contributed by atoms with van der Waals surface area (Å²) in [6, 6.07) is 7.58. The van der Waals surface area contributed by atoms with Crippen molar-refractivity contribution in [2.45, 2.75) is 51.9 Å². The number of halogens is 1. The Morgan fingerprint density at radius 1 is 1.20 bits per heavy atom. The predicted molar refractivity (Wildman–Crippen MR) is 119 cm³/mol. The highest BCUT2D eigenvalue weighted by molar-refractivity contribution is 6.29. The van der Waals surface area contributed by atoms with Crippen molar-refractivity contribution in [1.29, 1.82) is 0 Å². The molecular formula is C23H27ClN4O2. The number of ether oxygens (including phenoxy) is 1. The Bertz CT molecular complexity index is 956. The first-order valence-electron chi connectivity index (χ1n) is 10.6. The maximum absolute atomic E-state index is 12.1. The summed E-state index contributed by atoms with van der Waals surface area (Å²) in [5, 5.41) is 3.28. The Hall–Kier alpha value is -2.60. The van der Waals surface area contributed by atoms with Gasteiger partial charge >= 0.3 is 6.09 Å². The fourth-order valence-corrected chi connectivity index (χ4v) is 4.34. The van der Waals surface area contributed by atoms with Crippen LogP contribution in [0.25, 0.3) is 0 Å². The molecule has 1 aliphatic heterocycles. The highest BCUT2D eigenvalue weighted by Crippen LogP contribution is 2.38. The van der Waals surface area contributed by atoms with Crippen LogP contribution in [0.2, 0.25) is 5.15 Å². The van der Waals surface area contributed by atoms with Crippen LogP contribution in [0.3, 0.4) is 0 Å². The number of nitrogens with zero attached hydrogens (tertiary/aromatic N) is 3. The lowest BCUT2D eigenvalue weighted by Gasteiger charge is -2.33. The van der Waals surface area contributed by atoms with Gasteiger partial charge in [-0.05, 0) is 62.4 Å². The molecule has 0 radical (unpaired) electrons. The van der Waals surface area contributed by atoms with Gasteiger partial charge in [0, 0.05) is 12.5 Å². The van der Waals surface area contributed by atoms with Crippen LogP contribution in [-0.4, -0.2) is 22.6 Å². The van der Waals surface area contributed by atoms with Gasteiger partial charge in [-0.3, -0.25) is 5.32 Å². The lowest BCUT2D eigenvalue weighted by atomic mass is 9.96. The maximum atomic E-state index is 12.1. The molecule has 0 saturated heterocycles. The molecule has 1 atom stereocenters. The monoisotopic (exact) mass is 426 g/mol. The highest BCUT2D eigenvalue weighted by Gasteiger charge is 2.26. The van der Waals surface area contributed by atoms with Crippen molar-refractivity contribution in [3.63, 3.8) is 0 Å². The second-order valence-corrected chi connectivity index (χ2v) is 8.47. The number of aryl methyl sites for hydroxylation is 1. The van der Waals surface area contributed by atoms with E-state index in [4.69, 9.17) is 21.3 Å². The molecule has 1 aliphatic carbocycles. The molecule has 1 amide bonds. The molecule has 1 saturated carbocycles. The van der Waals surface area contributed by atoms with Gasteiger partial charge in [0.05, 0.1) is 29.0 Å². The van der Waals surface area contributed by atoms with E-state index in [1.165, 1.54) is 31.9 Å². The third kappa shape index (κ3) is 4.59. The third-order valence-electron chi connectivity index (χ3n) is 5.92. The van der Waals surface area contributed by atoms with Gasteiger partial charge in [0.2, 0.25) is 0 Å². The third-order valence-corrected chi connectivity index (χ3v) is 6.13.